The predicted octanol–water partition coefficient (Wildman–Crippen LogP) is 6.44. The largest absolute Gasteiger partial charge is 0.377 e. The van der Waals surface area contributed by atoms with Crippen LogP contribution in [-0.2, 0) is 0 Å². The maximum atomic E-state index is 6.26. The molecule has 1 aliphatic heterocycles. The molecule has 118 valence electrons. The van der Waals surface area contributed by atoms with E-state index in [9.17, 15) is 0 Å². The molecule has 0 spiro atoms. The Morgan fingerprint density at radius 2 is 1.87 bits per heavy atom. The van der Waals surface area contributed by atoms with E-state index in [1.807, 2.05) is 12.1 Å². The first-order valence-corrected chi connectivity index (χ1v) is 8.80. The summed E-state index contributed by atoms with van der Waals surface area (Å²) < 4.78 is 0. The van der Waals surface area contributed by atoms with Gasteiger partial charge >= 0.3 is 0 Å². The first-order valence-electron chi connectivity index (χ1n) is 8.04. The summed E-state index contributed by atoms with van der Waals surface area (Å²) in [6, 6.07) is 10.8. The highest BCUT2D eigenvalue weighted by molar-refractivity contribution is 6.42. The molecule has 23 heavy (non-hydrogen) atoms. The molecule has 3 heteroatoms. The first-order chi connectivity index (χ1) is 11.1. The van der Waals surface area contributed by atoms with Crippen molar-refractivity contribution in [3.63, 3.8) is 0 Å². The highest BCUT2D eigenvalue weighted by Gasteiger charge is 2.38. The van der Waals surface area contributed by atoms with Crippen LogP contribution < -0.4 is 5.32 Å². The summed E-state index contributed by atoms with van der Waals surface area (Å²) in [4.78, 5) is 0. The van der Waals surface area contributed by atoms with Gasteiger partial charge in [0.25, 0.3) is 0 Å². The quantitative estimate of drug-likeness (QED) is 0.587. The molecular formula is C20H19Cl2N. The minimum atomic E-state index is 0.262. The second kappa shape index (κ2) is 5.58. The summed E-state index contributed by atoms with van der Waals surface area (Å²) in [7, 11) is 0. The molecule has 0 amide bonds. The van der Waals surface area contributed by atoms with Crippen molar-refractivity contribution in [3.05, 3.63) is 74.8 Å². The Bertz CT molecular complexity index is 810. The Labute approximate surface area is 147 Å². The zero-order valence-corrected chi connectivity index (χ0v) is 14.7. The lowest BCUT2D eigenvalue weighted by Crippen LogP contribution is -2.29. The molecule has 0 unspecified atom stereocenters. The fourth-order valence-corrected chi connectivity index (χ4v) is 4.26. The van der Waals surface area contributed by atoms with E-state index >= 15 is 0 Å². The minimum Gasteiger partial charge on any atom is -0.377 e. The summed E-state index contributed by atoms with van der Waals surface area (Å²) in [5.41, 5.74) is 6.58. The summed E-state index contributed by atoms with van der Waals surface area (Å²) in [5.74, 6) is 1.01. The van der Waals surface area contributed by atoms with Crippen LogP contribution in [0.1, 0.15) is 40.6 Å². The van der Waals surface area contributed by atoms with Crippen molar-refractivity contribution in [2.24, 2.45) is 5.92 Å². The van der Waals surface area contributed by atoms with Crippen LogP contribution in [0.4, 0.5) is 5.69 Å². The lowest BCUT2D eigenvalue weighted by atomic mass is 9.76. The number of hydrogen-bond donors (Lipinski definition) is 1. The van der Waals surface area contributed by atoms with Gasteiger partial charge in [-0.05, 0) is 60.6 Å². The number of hydrogen-bond acceptors (Lipinski definition) is 1. The second-order valence-electron chi connectivity index (χ2n) is 6.62. The highest BCUT2D eigenvalue weighted by Crippen LogP contribution is 2.51. The van der Waals surface area contributed by atoms with E-state index in [2.05, 4.69) is 49.5 Å². The standard InChI is InChI=1S/C20H19Cl2N/c1-11-6-8-16-14-4-3-5-15(14)20(23-19(16)12(11)2)13-7-9-17(21)18(22)10-13/h3-4,6-10,14-15,20,23H,5H2,1-2H3/t14-,15+,20+/m1/s1. The van der Waals surface area contributed by atoms with Gasteiger partial charge < -0.3 is 5.32 Å². The molecule has 1 heterocycles. The van der Waals surface area contributed by atoms with Gasteiger partial charge in [0.1, 0.15) is 0 Å². The van der Waals surface area contributed by atoms with Gasteiger partial charge in [-0.25, -0.2) is 0 Å². The van der Waals surface area contributed by atoms with Crippen molar-refractivity contribution in [1.82, 2.24) is 0 Å². The normalized spacial score (nSPS) is 25.0. The van der Waals surface area contributed by atoms with Gasteiger partial charge in [-0.15, -0.1) is 0 Å². The molecule has 0 bridgehead atoms. The van der Waals surface area contributed by atoms with Gasteiger partial charge in [0.15, 0.2) is 0 Å². The van der Waals surface area contributed by atoms with Crippen LogP contribution in [0.2, 0.25) is 10.0 Å². The van der Waals surface area contributed by atoms with Crippen molar-refractivity contribution >= 4 is 28.9 Å². The van der Waals surface area contributed by atoms with Crippen LogP contribution in [-0.4, -0.2) is 0 Å². The molecule has 1 aliphatic carbocycles. The van der Waals surface area contributed by atoms with Crippen molar-refractivity contribution in [2.45, 2.75) is 32.2 Å². The average Bonchev–Trinajstić information content (AvgIpc) is 3.02. The number of nitrogens with one attached hydrogen (secondary N) is 1. The molecule has 0 saturated heterocycles. The number of halogens is 2. The van der Waals surface area contributed by atoms with Crippen molar-refractivity contribution in [3.8, 4) is 0 Å². The smallest absolute Gasteiger partial charge is 0.0595 e. The van der Waals surface area contributed by atoms with Crippen LogP contribution in [0.3, 0.4) is 0 Å². The van der Waals surface area contributed by atoms with E-state index < -0.39 is 0 Å². The first kappa shape index (κ1) is 15.1. The lowest BCUT2D eigenvalue weighted by Gasteiger charge is -2.38. The molecule has 0 radical (unpaired) electrons. The predicted molar refractivity (Wildman–Crippen MR) is 98.7 cm³/mol. The molecule has 0 fully saturated rings. The van der Waals surface area contributed by atoms with Crippen LogP contribution in [0.5, 0.6) is 0 Å². The van der Waals surface area contributed by atoms with Gasteiger partial charge in [0.05, 0.1) is 16.1 Å². The summed E-state index contributed by atoms with van der Waals surface area (Å²) in [5, 5.41) is 5.03. The Morgan fingerprint density at radius 1 is 1.04 bits per heavy atom. The third kappa shape index (κ3) is 2.38. The molecule has 1 nitrogen and oxygen atoms in total. The van der Waals surface area contributed by atoms with E-state index in [-0.39, 0.29) is 6.04 Å². The van der Waals surface area contributed by atoms with Crippen molar-refractivity contribution in [2.75, 3.05) is 5.32 Å². The third-order valence-corrected chi connectivity index (χ3v) is 6.11. The summed E-state index contributed by atoms with van der Waals surface area (Å²) >= 11 is 12.4. The van der Waals surface area contributed by atoms with Gasteiger partial charge in [-0.3, -0.25) is 0 Å². The van der Waals surface area contributed by atoms with E-state index in [1.165, 1.54) is 27.9 Å². The number of fused-ring (bicyclic) bond motifs is 3. The van der Waals surface area contributed by atoms with E-state index in [1.54, 1.807) is 0 Å². The monoisotopic (exact) mass is 343 g/mol. The van der Waals surface area contributed by atoms with Gasteiger partial charge in [-0.2, -0.15) is 0 Å². The van der Waals surface area contributed by atoms with E-state index in [0.29, 0.717) is 21.9 Å². The number of allylic oxidation sites excluding steroid dienone is 2. The van der Waals surface area contributed by atoms with Crippen LogP contribution in [0.15, 0.2) is 42.5 Å². The average molecular weight is 344 g/mol. The maximum Gasteiger partial charge on any atom is 0.0595 e. The molecule has 2 aromatic carbocycles. The number of anilines is 1. The molecule has 3 atom stereocenters. The Kier molecular flexibility index (Phi) is 3.66. The number of aryl methyl sites for hydroxylation is 1. The van der Waals surface area contributed by atoms with E-state index in [0.717, 1.165) is 6.42 Å². The number of benzene rings is 2. The molecular weight excluding hydrogens is 325 g/mol. The number of rotatable bonds is 1. The molecule has 0 aromatic heterocycles. The molecule has 4 rings (SSSR count). The zero-order valence-electron chi connectivity index (χ0n) is 13.2. The summed E-state index contributed by atoms with van der Waals surface area (Å²) in [6.45, 7) is 4.37. The third-order valence-electron chi connectivity index (χ3n) is 5.37. The van der Waals surface area contributed by atoms with Gasteiger partial charge in [-0.1, -0.05) is 53.6 Å². The fourth-order valence-electron chi connectivity index (χ4n) is 3.95. The maximum absolute atomic E-state index is 6.26. The lowest BCUT2D eigenvalue weighted by molar-refractivity contribution is 0.425. The van der Waals surface area contributed by atoms with E-state index in [4.69, 9.17) is 23.2 Å². The Morgan fingerprint density at radius 3 is 2.65 bits per heavy atom. The highest BCUT2D eigenvalue weighted by atomic mass is 35.5. The fraction of sp³-hybridized carbons (Fsp3) is 0.300. The minimum absolute atomic E-state index is 0.262. The topological polar surface area (TPSA) is 12.0 Å². The van der Waals surface area contributed by atoms with Crippen molar-refractivity contribution in [1.29, 1.82) is 0 Å². The Hall–Kier alpha value is -1.44. The zero-order chi connectivity index (χ0) is 16.1. The van der Waals surface area contributed by atoms with Crippen LogP contribution in [0.25, 0.3) is 0 Å². The van der Waals surface area contributed by atoms with Crippen LogP contribution in [0, 0.1) is 19.8 Å². The molecule has 1 N–H and O–H groups in total. The van der Waals surface area contributed by atoms with Crippen molar-refractivity contribution < 1.29 is 0 Å². The van der Waals surface area contributed by atoms with Gasteiger partial charge in [0, 0.05) is 11.6 Å². The SMILES string of the molecule is Cc1ccc2c(c1C)N[C@@H](c1ccc(Cl)c(Cl)c1)[C@H]1CC=C[C@@H]21. The molecule has 0 saturated carbocycles. The molecule has 2 aromatic rings. The molecule has 2 aliphatic rings. The van der Waals surface area contributed by atoms with Gasteiger partial charge in [0.2, 0.25) is 0 Å². The van der Waals surface area contributed by atoms with Crippen LogP contribution >= 0.6 is 23.2 Å². The summed E-state index contributed by atoms with van der Waals surface area (Å²) in [6.07, 6.45) is 5.77. The second-order valence-corrected chi connectivity index (χ2v) is 7.44. The Balaban J connectivity index is 1.83.